The van der Waals surface area contributed by atoms with Gasteiger partial charge in [-0.1, -0.05) is 49.0 Å². The molecule has 0 fully saturated rings. The van der Waals surface area contributed by atoms with E-state index in [1.165, 1.54) is 22.5 Å². The van der Waals surface area contributed by atoms with Gasteiger partial charge in [0.2, 0.25) is 5.91 Å². The standard InChI is InChI=1S/C25H26N4OS2/c1-5-20-8-6-7-9-22(20)29(19(4)30)25-27-21(16-32-25)15-31-24-26-12-13-28(24)23-14-17(2)10-11-18(23)3/h6-14,16H,5,15H2,1-4H3. The number of amides is 1. The van der Waals surface area contributed by atoms with E-state index < -0.39 is 0 Å². The summed E-state index contributed by atoms with van der Waals surface area (Å²) in [6.45, 7) is 7.89. The van der Waals surface area contributed by atoms with Crippen LogP contribution < -0.4 is 4.90 Å². The number of aromatic nitrogens is 3. The molecule has 164 valence electrons. The van der Waals surface area contributed by atoms with E-state index in [2.05, 4.69) is 54.6 Å². The summed E-state index contributed by atoms with van der Waals surface area (Å²) in [5, 5.41) is 3.65. The van der Waals surface area contributed by atoms with Crippen LogP contribution >= 0.6 is 23.1 Å². The molecule has 1 amide bonds. The summed E-state index contributed by atoms with van der Waals surface area (Å²) in [4.78, 5) is 23.6. The van der Waals surface area contributed by atoms with Crippen molar-refractivity contribution in [3.63, 3.8) is 0 Å². The van der Waals surface area contributed by atoms with Gasteiger partial charge in [-0.15, -0.1) is 11.3 Å². The fourth-order valence-corrected chi connectivity index (χ4v) is 5.44. The Labute approximate surface area is 197 Å². The van der Waals surface area contributed by atoms with Gasteiger partial charge in [-0.3, -0.25) is 14.3 Å². The fraction of sp³-hybridized carbons (Fsp3) is 0.240. The molecule has 0 bridgehead atoms. The van der Waals surface area contributed by atoms with Crippen LogP contribution in [0.2, 0.25) is 0 Å². The van der Waals surface area contributed by atoms with Crippen molar-refractivity contribution in [1.29, 1.82) is 0 Å². The molecule has 0 saturated heterocycles. The summed E-state index contributed by atoms with van der Waals surface area (Å²) >= 11 is 3.14. The zero-order valence-electron chi connectivity index (χ0n) is 18.7. The number of carbonyl (C=O) groups excluding carboxylic acids is 1. The minimum absolute atomic E-state index is 0.0371. The van der Waals surface area contributed by atoms with Crippen molar-refractivity contribution in [2.45, 2.75) is 45.0 Å². The van der Waals surface area contributed by atoms with E-state index >= 15 is 0 Å². The van der Waals surface area contributed by atoms with Crippen LogP contribution in [0.3, 0.4) is 0 Å². The zero-order valence-corrected chi connectivity index (χ0v) is 20.3. The third-order valence-electron chi connectivity index (χ3n) is 5.24. The molecule has 0 aliphatic rings. The molecule has 0 unspecified atom stereocenters. The number of benzene rings is 2. The predicted molar refractivity (Wildman–Crippen MR) is 133 cm³/mol. The van der Waals surface area contributed by atoms with Gasteiger partial charge in [0, 0.05) is 30.5 Å². The first-order valence-electron chi connectivity index (χ1n) is 10.5. The monoisotopic (exact) mass is 462 g/mol. The van der Waals surface area contributed by atoms with Crippen LogP contribution in [-0.2, 0) is 17.0 Å². The van der Waals surface area contributed by atoms with Gasteiger partial charge in [-0.2, -0.15) is 0 Å². The highest BCUT2D eigenvalue weighted by Gasteiger charge is 2.20. The van der Waals surface area contributed by atoms with Gasteiger partial charge in [0.1, 0.15) is 0 Å². The van der Waals surface area contributed by atoms with Crippen LogP contribution in [0.5, 0.6) is 0 Å². The Kier molecular flexibility index (Phi) is 6.77. The Balaban J connectivity index is 1.55. The molecule has 0 atom stereocenters. The van der Waals surface area contributed by atoms with E-state index in [1.54, 1.807) is 23.6 Å². The van der Waals surface area contributed by atoms with Crippen LogP contribution in [0.25, 0.3) is 5.69 Å². The van der Waals surface area contributed by atoms with E-state index in [-0.39, 0.29) is 5.91 Å². The topological polar surface area (TPSA) is 51.0 Å². The minimum atomic E-state index is -0.0371. The van der Waals surface area contributed by atoms with Crippen molar-refractivity contribution >= 4 is 39.8 Å². The van der Waals surface area contributed by atoms with Crippen molar-refractivity contribution in [2.75, 3.05) is 4.90 Å². The number of para-hydroxylation sites is 1. The SMILES string of the molecule is CCc1ccccc1N(C(C)=O)c1nc(CSc2nccn2-c2cc(C)ccc2C)cs1. The van der Waals surface area contributed by atoms with Crippen molar-refractivity contribution in [1.82, 2.24) is 14.5 Å². The van der Waals surface area contributed by atoms with Crippen molar-refractivity contribution < 1.29 is 4.79 Å². The molecule has 2 aromatic heterocycles. The highest BCUT2D eigenvalue weighted by Crippen LogP contribution is 2.33. The lowest BCUT2D eigenvalue weighted by atomic mass is 10.1. The second kappa shape index (κ2) is 9.71. The average Bonchev–Trinajstić information content (AvgIpc) is 3.44. The summed E-state index contributed by atoms with van der Waals surface area (Å²) in [5.41, 5.74) is 6.54. The first-order chi connectivity index (χ1) is 15.5. The molecule has 0 aliphatic carbocycles. The van der Waals surface area contributed by atoms with Crippen LogP contribution in [0, 0.1) is 13.8 Å². The lowest BCUT2D eigenvalue weighted by Gasteiger charge is -2.20. The van der Waals surface area contributed by atoms with E-state index in [0.717, 1.165) is 34.2 Å². The van der Waals surface area contributed by atoms with Crippen LogP contribution in [0.1, 0.15) is 36.2 Å². The number of hydrogen-bond donors (Lipinski definition) is 0. The van der Waals surface area contributed by atoms with E-state index in [1.807, 2.05) is 36.0 Å². The number of thioether (sulfide) groups is 1. The van der Waals surface area contributed by atoms with Crippen molar-refractivity contribution in [3.8, 4) is 5.69 Å². The molecule has 4 aromatic rings. The number of nitrogens with zero attached hydrogens (tertiary/aromatic N) is 4. The zero-order chi connectivity index (χ0) is 22.7. The third kappa shape index (κ3) is 4.64. The Morgan fingerprint density at radius 3 is 2.78 bits per heavy atom. The number of anilines is 2. The molecule has 5 nitrogen and oxygen atoms in total. The maximum Gasteiger partial charge on any atom is 0.230 e. The Bertz CT molecular complexity index is 1240. The van der Waals surface area contributed by atoms with Gasteiger partial charge in [-0.25, -0.2) is 9.97 Å². The summed E-state index contributed by atoms with van der Waals surface area (Å²) in [6, 6.07) is 14.4. The Hall–Kier alpha value is -2.90. The summed E-state index contributed by atoms with van der Waals surface area (Å²) < 4.78 is 2.12. The molecule has 0 spiro atoms. The lowest BCUT2D eigenvalue weighted by Crippen LogP contribution is -2.23. The van der Waals surface area contributed by atoms with Crippen molar-refractivity contribution in [2.24, 2.45) is 0 Å². The minimum Gasteiger partial charge on any atom is -0.295 e. The molecule has 0 aliphatic heterocycles. The van der Waals surface area contributed by atoms with Crippen LogP contribution in [0.15, 0.2) is 65.4 Å². The quantitative estimate of drug-likeness (QED) is 0.295. The lowest BCUT2D eigenvalue weighted by molar-refractivity contribution is -0.115. The summed E-state index contributed by atoms with van der Waals surface area (Å²) in [7, 11) is 0. The predicted octanol–water partition coefficient (Wildman–Crippen LogP) is 6.48. The van der Waals surface area contributed by atoms with E-state index in [9.17, 15) is 4.79 Å². The molecule has 7 heteroatoms. The number of imidazole rings is 1. The molecule has 4 rings (SSSR count). The first-order valence-corrected chi connectivity index (χ1v) is 12.4. The molecule has 2 heterocycles. The van der Waals surface area contributed by atoms with Gasteiger partial charge < -0.3 is 0 Å². The molecule has 0 radical (unpaired) electrons. The van der Waals surface area contributed by atoms with Gasteiger partial charge in [0.15, 0.2) is 10.3 Å². The highest BCUT2D eigenvalue weighted by molar-refractivity contribution is 7.98. The molecule has 0 N–H and O–H groups in total. The molecular weight excluding hydrogens is 436 g/mol. The van der Waals surface area contributed by atoms with Gasteiger partial charge in [-0.05, 0) is 49.1 Å². The molecular formula is C25H26N4OS2. The first kappa shape index (κ1) is 22.3. The fourth-order valence-electron chi connectivity index (χ4n) is 3.60. The van der Waals surface area contributed by atoms with Crippen LogP contribution in [0.4, 0.5) is 10.8 Å². The van der Waals surface area contributed by atoms with E-state index in [4.69, 9.17) is 4.98 Å². The Morgan fingerprint density at radius 2 is 2.00 bits per heavy atom. The number of carbonyl (C=O) groups is 1. The van der Waals surface area contributed by atoms with Gasteiger partial charge in [0.05, 0.1) is 17.1 Å². The highest BCUT2D eigenvalue weighted by atomic mass is 32.2. The number of aryl methyl sites for hydroxylation is 3. The average molecular weight is 463 g/mol. The number of thiazole rings is 1. The third-order valence-corrected chi connectivity index (χ3v) is 7.11. The van der Waals surface area contributed by atoms with Crippen molar-refractivity contribution in [3.05, 3.63) is 82.6 Å². The second-order valence-corrected chi connectivity index (χ2v) is 9.40. The second-order valence-electron chi connectivity index (χ2n) is 7.62. The number of rotatable bonds is 7. The maximum atomic E-state index is 12.5. The molecule has 0 saturated carbocycles. The molecule has 2 aromatic carbocycles. The van der Waals surface area contributed by atoms with Gasteiger partial charge in [0.25, 0.3) is 0 Å². The summed E-state index contributed by atoms with van der Waals surface area (Å²) in [5.74, 6) is 0.643. The normalized spacial score (nSPS) is 11.0. The smallest absolute Gasteiger partial charge is 0.230 e. The molecule has 32 heavy (non-hydrogen) atoms. The number of hydrogen-bond acceptors (Lipinski definition) is 5. The maximum absolute atomic E-state index is 12.5. The van der Waals surface area contributed by atoms with Crippen LogP contribution in [-0.4, -0.2) is 20.4 Å². The van der Waals surface area contributed by atoms with Gasteiger partial charge >= 0.3 is 0 Å². The van der Waals surface area contributed by atoms with E-state index in [0.29, 0.717) is 10.9 Å². The largest absolute Gasteiger partial charge is 0.295 e. The Morgan fingerprint density at radius 1 is 1.19 bits per heavy atom. The summed E-state index contributed by atoms with van der Waals surface area (Å²) in [6.07, 6.45) is 4.68.